The second-order valence-corrected chi connectivity index (χ2v) is 6.71. The smallest absolute Gasteiger partial charge is 0.227 e. The summed E-state index contributed by atoms with van der Waals surface area (Å²) in [5.74, 6) is 0.686. The van der Waals surface area contributed by atoms with Crippen LogP contribution in [-0.2, 0) is 30.6 Å². The van der Waals surface area contributed by atoms with E-state index in [0.717, 1.165) is 29.4 Å². The summed E-state index contributed by atoms with van der Waals surface area (Å²) in [6.45, 7) is 0.764. The molecule has 0 N–H and O–H groups in total. The van der Waals surface area contributed by atoms with Gasteiger partial charge >= 0.3 is 0 Å². The summed E-state index contributed by atoms with van der Waals surface area (Å²) >= 11 is 0. The van der Waals surface area contributed by atoms with E-state index in [1.54, 1.807) is 23.5 Å². The maximum Gasteiger partial charge on any atom is 0.227 e. The molecule has 26 heavy (non-hydrogen) atoms. The van der Waals surface area contributed by atoms with Gasteiger partial charge < -0.3 is 13.7 Å². The van der Waals surface area contributed by atoms with Crippen molar-refractivity contribution >= 4 is 16.9 Å². The lowest BCUT2D eigenvalue weighted by Crippen LogP contribution is -2.32. The molecule has 0 radical (unpaired) electrons. The van der Waals surface area contributed by atoms with E-state index in [9.17, 15) is 4.79 Å². The van der Waals surface area contributed by atoms with Crippen molar-refractivity contribution < 1.29 is 13.6 Å². The lowest BCUT2D eigenvalue weighted by Gasteiger charge is -2.20. The number of hydrogen-bond acceptors (Lipinski definition) is 4. The zero-order chi connectivity index (χ0) is 17.9. The van der Waals surface area contributed by atoms with Crippen LogP contribution in [0.4, 0.5) is 0 Å². The molecule has 132 valence electrons. The highest BCUT2D eigenvalue weighted by Gasteiger charge is 2.20. The molecule has 5 nitrogen and oxygen atoms in total. The van der Waals surface area contributed by atoms with Crippen molar-refractivity contribution in [1.82, 2.24) is 4.90 Å². The monoisotopic (exact) mass is 348 g/mol. The van der Waals surface area contributed by atoms with Crippen LogP contribution in [0.1, 0.15) is 35.3 Å². The highest BCUT2D eigenvalue weighted by Crippen LogP contribution is 2.30. The van der Waals surface area contributed by atoms with E-state index in [1.807, 2.05) is 6.07 Å². The van der Waals surface area contributed by atoms with Gasteiger partial charge in [-0.2, -0.15) is 5.26 Å². The Bertz CT molecular complexity index is 963. The summed E-state index contributed by atoms with van der Waals surface area (Å²) in [5, 5.41) is 9.91. The van der Waals surface area contributed by atoms with Gasteiger partial charge in [0.05, 0.1) is 38.0 Å². The number of aryl methyl sites for hydroxylation is 2. The zero-order valence-corrected chi connectivity index (χ0v) is 14.5. The highest BCUT2D eigenvalue weighted by atomic mass is 16.3. The van der Waals surface area contributed by atoms with Gasteiger partial charge in [-0.25, -0.2) is 0 Å². The molecule has 3 aromatic rings. The quantitative estimate of drug-likeness (QED) is 0.675. The van der Waals surface area contributed by atoms with E-state index in [0.29, 0.717) is 25.3 Å². The van der Waals surface area contributed by atoms with Gasteiger partial charge in [0.15, 0.2) is 0 Å². The minimum absolute atomic E-state index is 0.0279. The second kappa shape index (κ2) is 7.09. The van der Waals surface area contributed by atoms with Crippen LogP contribution >= 0.6 is 0 Å². The van der Waals surface area contributed by atoms with Crippen molar-refractivity contribution in [2.75, 3.05) is 6.54 Å². The summed E-state index contributed by atoms with van der Waals surface area (Å²) in [7, 11) is 0. The molecule has 0 unspecified atom stereocenters. The normalized spacial score (nSPS) is 12.9. The highest BCUT2D eigenvalue weighted by molar-refractivity contribution is 5.88. The summed E-state index contributed by atoms with van der Waals surface area (Å²) in [4.78, 5) is 14.5. The van der Waals surface area contributed by atoms with Gasteiger partial charge in [0.25, 0.3) is 0 Å². The number of amides is 1. The number of nitrogens with zero attached hydrogens (tertiary/aromatic N) is 2. The number of benzene rings is 1. The number of rotatable bonds is 6. The molecule has 0 spiro atoms. The molecule has 0 aliphatic heterocycles. The summed E-state index contributed by atoms with van der Waals surface area (Å²) in [6, 6.07) is 10.0. The number of fused-ring (bicyclic) bond motifs is 2. The Kier molecular flexibility index (Phi) is 4.49. The molecule has 2 heterocycles. The fourth-order valence-electron chi connectivity index (χ4n) is 3.63. The molecule has 1 aliphatic rings. The molecule has 0 bridgehead atoms. The van der Waals surface area contributed by atoms with Crippen LogP contribution in [0.5, 0.6) is 0 Å². The van der Waals surface area contributed by atoms with Gasteiger partial charge in [-0.3, -0.25) is 4.79 Å². The van der Waals surface area contributed by atoms with Crippen LogP contribution < -0.4 is 0 Å². The minimum Gasteiger partial charge on any atom is -0.467 e. The SMILES string of the molecule is N#CCCN(Cc1ccco1)C(=O)Cc1coc2cc3c(cc12)CCC3. The molecule has 0 atom stereocenters. The average molecular weight is 348 g/mol. The van der Waals surface area contributed by atoms with Crippen molar-refractivity contribution in [3.8, 4) is 6.07 Å². The van der Waals surface area contributed by atoms with E-state index in [4.69, 9.17) is 14.1 Å². The predicted molar refractivity (Wildman–Crippen MR) is 96.3 cm³/mol. The lowest BCUT2D eigenvalue weighted by molar-refractivity contribution is -0.131. The third kappa shape index (κ3) is 3.23. The molecule has 0 saturated heterocycles. The Morgan fingerprint density at radius 1 is 1.23 bits per heavy atom. The van der Waals surface area contributed by atoms with Crippen molar-refractivity contribution in [1.29, 1.82) is 5.26 Å². The number of furan rings is 2. The van der Waals surface area contributed by atoms with Crippen LogP contribution in [0, 0.1) is 11.3 Å². The second-order valence-electron chi connectivity index (χ2n) is 6.71. The van der Waals surface area contributed by atoms with Crippen LogP contribution in [0.2, 0.25) is 0 Å². The van der Waals surface area contributed by atoms with Gasteiger partial charge in [0.2, 0.25) is 5.91 Å². The predicted octanol–water partition coefficient (Wildman–Crippen LogP) is 4.00. The summed E-state index contributed by atoms with van der Waals surface area (Å²) in [6.07, 6.45) is 7.22. The Morgan fingerprint density at radius 2 is 2.08 bits per heavy atom. The molecule has 4 rings (SSSR count). The van der Waals surface area contributed by atoms with Gasteiger partial charge in [0, 0.05) is 17.5 Å². The molecule has 1 aromatic carbocycles. The van der Waals surface area contributed by atoms with Crippen molar-refractivity contribution in [3.05, 3.63) is 59.2 Å². The molecule has 0 saturated carbocycles. The van der Waals surface area contributed by atoms with Gasteiger partial charge in [-0.1, -0.05) is 0 Å². The van der Waals surface area contributed by atoms with Crippen LogP contribution in [0.25, 0.3) is 11.0 Å². The number of carbonyl (C=O) groups excluding carboxylic acids is 1. The summed E-state index contributed by atoms with van der Waals surface area (Å²) in [5.41, 5.74) is 4.48. The van der Waals surface area contributed by atoms with E-state index >= 15 is 0 Å². The molecule has 1 amide bonds. The molecule has 5 heteroatoms. The molecular formula is C21H20N2O3. The third-order valence-electron chi connectivity index (χ3n) is 4.98. The van der Waals surface area contributed by atoms with E-state index in [1.165, 1.54) is 17.5 Å². The first-order valence-electron chi connectivity index (χ1n) is 8.93. The van der Waals surface area contributed by atoms with Crippen molar-refractivity contribution in [3.63, 3.8) is 0 Å². The Balaban J connectivity index is 1.55. The first kappa shape index (κ1) is 16.5. The molecule has 1 aliphatic carbocycles. The summed E-state index contributed by atoms with van der Waals surface area (Å²) < 4.78 is 11.1. The number of hydrogen-bond donors (Lipinski definition) is 0. The van der Waals surface area contributed by atoms with Crippen LogP contribution in [0.3, 0.4) is 0 Å². The van der Waals surface area contributed by atoms with Crippen LogP contribution in [0.15, 0.2) is 45.6 Å². The topological polar surface area (TPSA) is 70.4 Å². The molecular weight excluding hydrogens is 328 g/mol. The number of carbonyl (C=O) groups is 1. The van der Waals surface area contributed by atoms with Gasteiger partial charge in [-0.15, -0.1) is 0 Å². The lowest BCUT2D eigenvalue weighted by atomic mass is 10.0. The van der Waals surface area contributed by atoms with Crippen molar-refractivity contribution in [2.45, 2.75) is 38.6 Å². The Labute approximate surface area is 151 Å². The number of nitriles is 1. The Hall–Kier alpha value is -3.00. The van der Waals surface area contributed by atoms with E-state index < -0.39 is 0 Å². The first-order chi connectivity index (χ1) is 12.7. The van der Waals surface area contributed by atoms with E-state index in [2.05, 4.69) is 18.2 Å². The molecule has 0 fully saturated rings. The maximum atomic E-state index is 12.9. The fourth-order valence-corrected chi connectivity index (χ4v) is 3.63. The standard InChI is InChI=1S/C21H20N2O3/c22-7-3-8-23(13-18-6-2-9-25-18)21(24)12-17-14-26-20-11-16-5-1-4-15(16)10-19(17)20/h2,6,9-11,14H,1,3-5,8,12-13H2. The van der Waals surface area contributed by atoms with Gasteiger partial charge in [0.1, 0.15) is 11.3 Å². The largest absolute Gasteiger partial charge is 0.467 e. The zero-order valence-electron chi connectivity index (χ0n) is 14.5. The Morgan fingerprint density at radius 3 is 2.85 bits per heavy atom. The minimum atomic E-state index is -0.0279. The third-order valence-corrected chi connectivity index (χ3v) is 4.98. The fraction of sp³-hybridized carbons (Fsp3) is 0.333. The van der Waals surface area contributed by atoms with E-state index in [-0.39, 0.29) is 12.3 Å². The van der Waals surface area contributed by atoms with Crippen LogP contribution in [-0.4, -0.2) is 17.4 Å². The van der Waals surface area contributed by atoms with Gasteiger partial charge in [-0.05, 0) is 54.7 Å². The van der Waals surface area contributed by atoms with Crippen molar-refractivity contribution in [2.24, 2.45) is 0 Å². The molecule has 2 aromatic heterocycles. The first-order valence-corrected chi connectivity index (χ1v) is 8.93. The maximum absolute atomic E-state index is 12.9. The average Bonchev–Trinajstić information content (AvgIpc) is 3.38.